The lowest BCUT2D eigenvalue weighted by atomic mass is 9.84. The van der Waals surface area contributed by atoms with Crippen molar-refractivity contribution in [2.24, 2.45) is 17.8 Å². The van der Waals surface area contributed by atoms with Gasteiger partial charge >= 0.3 is 5.97 Å². The first-order chi connectivity index (χ1) is 19.4. The van der Waals surface area contributed by atoms with E-state index in [9.17, 15) is 19.5 Å². The van der Waals surface area contributed by atoms with Crippen molar-refractivity contribution in [3.05, 3.63) is 61.2 Å². The summed E-state index contributed by atoms with van der Waals surface area (Å²) in [5.41, 5.74) is 1.07. The fourth-order valence-electron chi connectivity index (χ4n) is 6.14. The molecule has 40 heavy (non-hydrogen) atoms. The number of carbonyl (C=O) groups excluding carboxylic acids is 3. The van der Waals surface area contributed by atoms with Gasteiger partial charge in [-0.05, 0) is 50.0 Å². The molecule has 0 aromatic heterocycles. The van der Waals surface area contributed by atoms with Gasteiger partial charge in [0.2, 0.25) is 11.8 Å². The molecule has 1 saturated carbocycles. The van der Waals surface area contributed by atoms with E-state index in [-0.39, 0.29) is 55.4 Å². The van der Waals surface area contributed by atoms with E-state index >= 15 is 0 Å². The van der Waals surface area contributed by atoms with E-state index in [2.05, 4.69) is 18.5 Å². The number of amides is 2. The average Bonchev–Trinajstić information content (AvgIpc) is 3.45. The number of ether oxygens (including phenoxy) is 1. The molecule has 0 unspecified atom stereocenters. The van der Waals surface area contributed by atoms with Crippen molar-refractivity contribution in [1.29, 1.82) is 0 Å². The summed E-state index contributed by atoms with van der Waals surface area (Å²) >= 11 is 0. The third kappa shape index (κ3) is 9.92. The summed E-state index contributed by atoms with van der Waals surface area (Å²) in [4.78, 5) is 41.4. The Morgan fingerprint density at radius 2 is 1.70 bits per heavy atom. The fraction of sp³-hybridized carbons (Fsp3) is 0.606. The zero-order valence-corrected chi connectivity index (χ0v) is 24.0. The number of esters is 1. The van der Waals surface area contributed by atoms with Crippen LogP contribution >= 0.6 is 0 Å². The van der Waals surface area contributed by atoms with Crippen LogP contribution in [0.2, 0.25) is 0 Å². The normalized spacial score (nSPS) is 19.8. The van der Waals surface area contributed by atoms with Crippen molar-refractivity contribution in [2.45, 2.75) is 89.1 Å². The lowest BCUT2D eigenvalue weighted by Crippen LogP contribution is -2.45. The van der Waals surface area contributed by atoms with Crippen LogP contribution in [0.5, 0.6) is 0 Å². The minimum Gasteiger partial charge on any atom is -0.463 e. The van der Waals surface area contributed by atoms with Crippen LogP contribution in [0.3, 0.4) is 0 Å². The summed E-state index contributed by atoms with van der Waals surface area (Å²) in [6, 6.07) is 9.38. The van der Waals surface area contributed by atoms with Crippen molar-refractivity contribution in [3.63, 3.8) is 0 Å². The van der Waals surface area contributed by atoms with Crippen LogP contribution < -0.4 is 5.32 Å². The Morgan fingerprint density at radius 1 is 1.00 bits per heavy atom. The van der Waals surface area contributed by atoms with Gasteiger partial charge in [-0.25, -0.2) is 0 Å². The average molecular weight is 553 g/mol. The van der Waals surface area contributed by atoms with Crippen LogP contribution in [0.25, 0.3) is 0 Å². The van der Waals surface area contributed by atoms with E-state index in [1.165, 1.54) is 19.3 Å². The number of nitrogens with one attached hydrogen (secondary N) is 1. The summed E-state index contributed by atoms with van der Waals surface area (Å²) in [5, 5.41) is 12.8. The van der Waals surface area contributed by atoms with Crippen LogP contribution in [0.15, 0.2) is 55.6 Å². The number of allylic oxidation sites excluding steroid dienone is 2. The number of aliphatic hydroxyl groups excluding tert-OH is 1. The molecule has 0 bridgehead atoms. The zero-order chi connectivity index (χ0) is 28.7. The Bertz CT molecular complexity index is 959. The largest absolute Gasteiger partial charge is 0.463 e. The summed E-state index contributed by atoms with van der Waals surface area (Å²) < 4.78 is 5.84. The Hall–Kier alpha value is -2.93. The molecule has 0 spiro atoms. The molecule has 2 N–H and O–H groups in total. The number of hydrogen-bond donors (Lipinski definition) is 2. The topological polar surface area (TPSA) is 95.9 Å². The highest BCUT2D eigenvalue weighted by Crippen LogP contribution is 2.28. The summed E-state index contributed by atoms with van der Waals surface area (Å²) in [7, 11) is 0. The Labute approximate surface area is 240 Å². The molecule has 1 aromatic carbocycles. The molecule has 1 aliphatic heterocycles. The molecule has 2 amide bonds. The lowest BCUT2D eigenvalue weighted by molar-refractivity contribution is -0.150. The second-order valence-corrected chi connectivity index (χ2v) is 11.5. The van der Waals surface area contributed by atoms with Gasteiger partial charge in [-0.15, -0.1) is 13.2 Å². The van der Waals surface area contributed by atoms with Crippen molar-refractivity contribution in [3.8, 4) is 0 Å². The van der Waals surface area contributed by atoms with Crippen LogP contribution in [-0.2, 0) is 25.5 Å². The zero-order valence-electron chi connectivity index (χ0n) is 24.0. The third-order valence-electron chi connectivity index (χ3n) is 8.38. The predicted molar refractivity (Wildman–Crippen MR) is 157 cm³/mol. The molecule has 2 aliphatic rings. The molecule has 1 aromatic rings. The quantitative estimate of drug-likeness (QED) is 0.223. The first-order valence-corrected chi connectivity index (χ1v) is 15.1. The molecule has 2 fully saturated rings. The molecule has 7 heteroatoms. The molecule has 7 nitrogen and oxygen atoms in total. The Balaban J connectivity index is 1.65. The first kappa shape index (κ1) is 31.6. The SMILES string of the molecule is C=CC[C@H](CC(=O)N1CCC[C@H]1CO)C(=O)N[C@H](COC(=O)[C@@H](CC=C)Cc1ccccc1)CC1CCCCC1. The second kappa shape index (κ2) is 17.0. The predicted octanol–water partition coefficient (Wildman–Crippen LogP) is 4.99. The van der Waals surface area contributed by atoms with Gasteiger partial charge in [-0.1, -0.05) is 74.6 Å². The lowest BCUT2D eigenvalue weighted by Gasteiger charge is -2.29. The van der Waals surface area contributed by atoms with Crippen molar-refractivity contribution < 1.29 is 24.2 Å². The van der Waals surface area contributed by atoms with E-state index in [1.807, 2.05) is 30.3 Å². The molecule has 0 radical (unpaired) electrons. The number of nitrogens with zero attached hydrogens (tertiary/aromatic N) is 1. The van der Waals surface area contributed by atoms with Gasteiger partial charge in [0.1, 0.15) is 6.61 Å². The van der Waals surface area contributed by atoms with E-state index < -0.39 is 5.92 Å². The van der Waals surface area contributed by atoms with Crippen molar-refractivity contribution >= 4 is 17.8 Å². The molecule has 220 valence electrons. The molecule has 4 atom stereocenters. The minimum atomic E-state index is -0.555. The van der Waals surface area contributed by atoms with E-state index in [4.69, 9.17) is 4.74 Å². The maximum Gasteiger partial charge on any atom is 0.309 e. The number of benzene rings is 1. The van der Waals surface area contributed by atoms with Crippen molar-refractivity contribution in [1.82, 2.24) is 10.2 Å². The number of aliphatic hydroxyl groups is 1. The van der Waals surface area contributed by atoms with Gasteiger partial charge in [0.25, 0.3) is 0 Å². The maximum atomic E-state index is 13.5. The maximum absolute atomic E-state index is 13.5. The second-order valence-electron chi connectivity index (χ2n) is 11.5. The Kier molecular flexibility index (Phi) is 13.4. The number of hydrogen-bond acceptors (Lipinski definition) is 5. The highest BCUT2D eigenvalue weighted by atomic mass is 16.5. The van der Waals surface area contributed by atoms with Crippen molar-refractivity contribution in [2.75, 3.05) is 19.8 Å². The number of carbonyl (C=O) groups is 3. The molecular formula is C33H48N2O5. The number of likely N-dealkylation sites (tertiary alicyclic amines) is 1. The number of rotatable bonds is 16. The molecule has 1 heterocycles. The van der Waals surface area contributed by atoms with Crippen LogP contribution in [-0.4, -0.2) is 59.6 Å². The summed E-state index contributed by atoms with van der Waals surface area (Å²) in [5.74, 6) is -1.02. The fourth-order valence-corrected chi connectivity index (χ4v) is 6.14. The Morgan fingerprint density at radius 3 is 2.38 bits per heavy atom. The van der Waals surface area contributed by atoms with Gasteiger partial charge in [0.15, 0.2) is 0 Å². The van der Waals surface area contributed by atoms with Gasteiger partial charge in [0.05, 0.1) is 30.5 Å². The highest BCUT2D eigenvalue weighted by molar-refractivity contribution is 5.86. The standard InChI is InChI=1S/C33H48N2O5/c1-3-12-27(22-31(37)35-19-11-18-30(35)23-36)32(38)34-29(21-26-16-9-6-10-17-26)24-40-33(39)28(13-4-2)20-25-14-7-5-8-15-25/h3-5,7-8,14-15,26-30,36H,1-2,6,9-13,16-24H2,(H,34,38)/t27-,28+,29+,30+/m1/s1. The van der Waals surface area contributed by atoms with Gasteiger partial charge in [-0.3, -0.25) is 14.4 Å². The molecule has 3 rings (SSSR count). The van der Waals surface area contributed by atoms with Crippen LogP contribution in [0.1, 0.15) is 76.2 Å². The monoisotopic (exact) mass is 552 g/mol. The van der Waals surface area contributed by atoms with Gasteiger partial charge < -0.3 is 20.1 Å². The van der Waals surface area contributed by atoms with E-state index in [1.54, 1.807) is 17.1 Å². The van der Waals surface area contributed by atoms with Crippen LogP contribution in [0.4, 0.5) is 0 Å². The summed E-state index contributed by atoms with van der Waals surface area (Å²) in [6.07, 6.45) is 13.2. The molecular weight excluding hydrogens is 504 g/mol. The molecule has 1 saturated heterocycles. The third-order valence-corrected chi connectivity index (χ3v) is 8.38. The van der Waals surface area contributed by atoms with Gasteiger partial charge in [-0.2, -0.15) is 0 Å². The van der Waals surface area contributed by atoms with E-state index in [0.717, 1.165) is 37.7 Å². The van der Waals surface area contributed by atoms with Crippen LogP contribution in [0, 0.1) is 17.8 Å². The highest BCUT2D eigenvalue weighted by Gasteiger charge is 2.32. The molecule has 1 aliphatic carbocycles. The summed E-state index contributed by atoms with van der Waals surface area (Å²) in [6.45, 7) is 8.28. The van der Waals surface area contributed by atoms with E-state index in [0.29, 0.717) is 31.7 Å². The smallest absolute Gasteiger partial charge is 0.309 e. The van der Waals surface area contributed by atoms with Gasteiger partial charge in [0, 0.05) is 13.0 Å². The first-order valence-electron chi connectivity index (χ1n) is 15.1. The minimum absolute atomic E-state index is 0.0595.